The van der Waals surface area contributed by atoms with E-state index in [-0.39, 0.29) is 12.3 Å². The number of methoxy groups -OCH3 is 1. The molecule has 2 aromatic rings. The Hall–Kier alpha value is -1.94. The zero-order valence-corrected chi connectivity index (χ0v) is 20.4. The fraction of sp³-hybridized carbons (Fsp3) is 0.409. The Morgan fingerprint density at radius 3 is 2.47 bits per heavy atom. The summed E-state index contributed by atoms with van der Waals surface area (Å²) in [4.78, 5) is 11.8. The zero-order chi connectivity index (χ0) is 23.7. The van der Waals surface area contributed by atoms with Crippen molar-refractivity contribution in [1.29, 1.82) is 0 Å². The van der Waals surface area contributed by atoms with E-state index >= 15 is 4.39 Å². The van der Waals surface area contributed by atoms with E-state index in [9.17, 15) is 4.79 Å². The van der Waals surface area contributed by atoms with Gasteiger partial charge in [0.2, 0.25) is 0 Å². The van der Waals surface area contributed by atoms with E-state index in [1.807, 2.05) is 27.7 Å². The molecule has 1 aliphatic rings. The molecule has 0 unspecified atom stereocenters. The molecule has 10 heteroatoms. The summed E-state index contributed by atoms with van der Waals surface area (Å²) >= 11 is 7.36. The molecule has 1 saturated heterocycles. The van der Waals surface area contributed by atoms with Crippen LogP contribution in [0.2, 0.25) is 5.02 Å². The second kappa shape index (κ2) is 9.51. The molecule has 6 nitrogen and oxygen atoms in total. The maximum Gasteiger partial charge on any atom is 0.497 e. The van der Waals surface area contributed by atoms with Gasteiger partial charge in [0.1, 0.15) is 18.2 Å². The SMILES string of the molecule is COc1c(COC(C)=O)cc(Cl)cc1SNc1cccc(B2OC(C)(C)C(C)(C)O2)c1F. The van der Waals surface area contributed by atoms with Crippen LogP contribution in [-0.2, 0) is 25.4 Å². The van der Waals surface area contributed by atoms with Gasteiger partial charge in [0, 0.05) is 23.0 Å². The van der Waals surface area contributed by atoms with E-state index in [0.717, 1.165) is 11.9 Å². The van der Waals surface area contributed by atoms with Gasteiger partial charge in [-0.2, -0.15) is 0 Å². The number of esters is 1. The molecule has 0 amide bonds. The van der Waals surface area contributed by atoms with Gasteiger partial charge in [-0.15, -0.1) is 0 Å². The summed E-state index contributed by atoms with van der Waals surface area (Å²) in [6.07, 6.45) is 0. The van der Waals surface area contributed by atoms with Gasteiger partial charge < -0.3 is 23.5 Å². The topological polar surface area (TPSA) is 66.0 Å². The minimum Gasteiger partial charge on any atom is -0.495 e. The van der Waals surface area contributed by atoms with Crippen molar-refractivity contribution < 1.29 is 28.0 Å². The number of carbonyl (C=O) groups excluding carboxylic acids is 1. The van der Waals surface area contributed by atoms with Gasteiger partial charge in [-0.25, -0.2) is 4.39 Å². The van der Waals surface area contributed by atoms with Crippen LogP contribution in [-0.4, -0.2) is 31.4 Å². The first-order valence-electron chi connectivity index (χ1n) is 10.0. The standard InChI is InChI=1S/C22H26BClFNO5S/c1-13(27)29-12-14-10-15(24)11-18(20(14)28-6)32-26-17-9-7-8-16(19(17)25)23-30-21(2,3)22(4,5)31-23/h7-11,26H,12H2,1-6H3. The number of carbonyl (C=O) groups is 1. The molecule has 1 fully saturated rings. The summed E-state index contributed by atoms with van der Waals surface area (Å²) in [5.74, 6) is -0.406. The van der Waals surface area contributed by atoms with Crippen LogP contribution >= 0.6 is 23.5 Å². The molecule has 0 aliphatic carbocycles. The summed E-state index contributed by atoms with van der Waals surface area (Å²) in [5.41, 5.74) is 0.0170. The highest BCUT2D eigenvalue weighted by Gasteiger charge is 2.52. The van der Waals surface area contributed by atoms with Gasteiger partial charge in [0.15, 0.2) is 0 Å². The molecule has 0 atom stereocenters. The third-order valence-electron chi connectivity index (χ3n) is 5.54. The predicted molar refractivity (Wildman–Crippen MR) is 125 cm³/mol. The van der Waals surface area contributed by atoms with Gasteiger partial charge in [0.25, 0.3) is 0 Å². The lowest BCUT2D eigenvalue weighted by molar-refractivity contribution is -0.142. The largest absolute Gasteiger partial charge is 0.497 e. The van der Waals surface area contributed by atoms with Crippen LogP contribution in [0.1, 0.15) is 40.2 Å². The summed E-state index contributed by atoms with van der Waals surface area (Å²) in [7, 11) is 0.687. The average Bonchev–Trinajstić information content (AvgIpc) is 2.92. The molecule has 32 heavy (non-hydrogen) atoms. The second-order valence-electron chi connectivity index (χ2n) is 8.38. The van der Waals surface area contributed by atoms with Crippen molar-refractivity contribution in [2.75, 3.05) is 11.8 Å². The molecular weight excluding hydrogens is 456 g/mol. The lowest BCUT2D eigenvalue weighted by Gasteiger charge is -2.32. The Bertz CT molecular complexity index is 1000. The highest BCUT2D eigenvalue weighted by Crippen LogP contribution is 2.38. The second-order valence-corrected chi connectivity index (χ2v) is 9.66. The third-order valence-corrected chi connectivity index (χ3v) is 6.60. The van der Waals surface area contributed by atoms with Crippen LogP contribution in [0.3, 0.4) is 0 Å². The van der Waals surface area contributed by atoms with E-state index in [1.54, 1.807) is 30.3 Å². The third kappa shape index (κ3) is 5.17. The fourth-order valence-electron chi connectivity index (χ4n) is 3.11. The Balaban J connectivity index is 1.83. The maximum atomic E-state index is 15.3. The highest BCUT2D eigenvalue weighted by molar-refractivity contribution is 8.00. The zero-order valence-electron chi connectivity index (χ0n) is 18.9. The van der Waals surface area contributed by atoms with E-state index in [1.165, 1.54) is 14.0 Å². The Morgan fingerprint density at radius 2 is 1.88 bits per heavy atom. The summed E-state index contributed by atoms with van der Waals surface area (Å²) in [5, 5.41) is 0.434. The molecular formula is C22H26BClFNO5S. The summed E-state index contributed by atoms with van der Waals surface area (Å²) < 4.78 is 40.9. The summed E-state index contributed by atoms with van der Waals surface area (Å²) in [6, 6.07) is 8.34. The number of nitrogens with one attached hydrogen (secondary N) is 1. The molecule has 1 N–H and O–H groups in total. The van der Waals surface area contributed by atoms with Crippen molar-refractivity contribution in [3.63, 3.8) is 0 Å². The lowest BCUT2D eigenvalue weighted by Crippen LogP contribution is -2.41. The van der Waals surface area contributed by atoms with Crippen molar-refractivity contribution in [3.8, 4) is 5.75 Å². The van der Waals surface area contributed by atoms with Gasteiger partial charge in [0.05, 0.1) is 28.9 Å². The highest BCUT2D eigenvalue weighted by atomic mass is 35.5. The van der Waals surface area contributed by atoms with E-state index in [2.05, 4.69) is 4.72 Å². The van der Waals surface area contributed by atoms with Crippen molar-refractivity contribution in [1.82, 2.24) is 0 Å². The number of hydrogen-bond acceptors (Lipinski definition) is 7. The first-order chi connectivity index (χ1) is 14.9. The summed E-state index contributed by atoms with van der Waals surface area (Å²) in [6.45, 7) is 9.01. The number of anilines is 1. The van der Waals surface area contributed by atoms with E-state index < -0.39 is 30.1 Å². The Kier molecular flexibility index (Phi) is 7.34. The monoisotopic (exact) mass is 481 g/mol. The maximum absolute atomic E-state index is 15.3. The molecule has 3 rings (SSSR count). The average molecular weight is 482 g/mol. The first-order valence-corrected chi connectivity index (χ1v) is 11.2. The quantitative estimate of drug-likeness (QED) is 0.340. The van der Waals surface area contributed by atoms with Gasteiger partial charge >= 0.3 is 13.1 Å². The normalized spacial score (nSPS) is 16.7. The van der Waals surface area contributed by atoms with Crippen molar-refractivity contribution >= 4 is 47.8 Å². The Labute approximate surface area is 197 Å². The molecule has 1 heterocycles. The number of halogens is 2. The van der Waals surface area contributed by atoms with Crippen molar-refractivity contribution in [3.05, 3.63) is 46.7 Å². The first kappa shape index (κ1) is 24.7. The molecule has 0 saturated carbocycles. The molecule has 172 valence electrons. The molecule has 0 aromatic heterocycles. The number of ether oxygens (including phenoxy) is 2. The van der Waals surface area contributed by atoms with Crippen molar-refractivity contribution in [2.24, 2.45) is 0 Å². The van der Waals surface area contributed by atoms with Crippen LogP contribution < -0.4 is 14.9 Å². The molecule has 1 aliphatic heterocycles. The van der Waals surface area contributed by atoms with Crippen LogP contribution in [0.15, 0.2) is 35.2 Å². The minimum atomic E-state index is -0.817. The number of benzene rings is 2. The van der Waals surface area contributed by atoms with E-state index in [4.69, 9.17) is 30.4 Å². The smallest absolute Gasteiger partial charge is 0.495 e. The van der Waals surface area contributed by atoms with Crippen LogP contribution in [0, 0.1) is 5.82 Å². The van der Waals surface area contributed by atoms with Gasteiger partial charge in [-0.05, 0) is 57.8 Å². The molecule has 0 bridgehead atoms. The van der Waals surface area contributed by atoms with Crippen molar-refractivity contribution in [2.45, 2.75) is 57.3 Å². The van der Waals surface area contributed by atoms with Crippen LogP contribution in [0.5, 0.6) is 5.75 Å². The van der Waals surface area contributed by atoms with Crippen LogP contribution in [0.25, 0.3) is 0 Å². The fourth-order valence-corrected chi connectivity index (χ4v) is 4.28. The van der Waals surface area contributed by atoms with Gasteiger partial charge in [-0.3, -0.25) is 4.79 Å². The lowest BCUT2D eigenvalue weighted by atomic mass is 9.78. The van der Waals surface area contributed by atoms with E-state index in [0.29, 0.717) is 26.7 Å². The Morgan fingerprint density at radius 1 is 1.22 bits per heavy atom. The molecule has 0 spiro atoms. The minimum absolute atomic E-state index is 0.0123. The number of rotatable bonds is 7. The molecule has 0 radical (unpaired) electrons. The molecule has 2 aromatic carbocycles. The number of hydrogen-bond donors (Lipinski definition) is 1. The van der Waals surface area contributed by atoms with Gasteiger partial charge in [-0.1, -0.05) is 23.7 Å². The predicted octanol–water partition coefficient (Wildman–Crippen LogP) is 4.97. The van der Waals surface area contributed by atoms with Crippen LogP contribution in [0.4, 0.5) is 10.1 Å².